The van der Waals surface area contributed by atoms with Gasteiger partial charge in [0.2, 0.25) is 0 Å². The van der Waals surface area contributed by atoms with E-state index in [9.17, 15) is 9.18 Å². The fraction of sp³-hybridized carbons (Fsp3) is 0.368. The van der Waals surface area contributed by atoms with Crippen molar-refractivity contribution in [3.05, 3.63) is 54.0 Å². The van der Waals surface area contributed by atoms with Crippen molar-refractivity contribution in [1.29, 1.82) is 0 Å². The summed E-state index contributed by atoms with van der Waals surface area (Å²) >= 11 is 0. The van der Waals surface area contributed by atoms with Gasteiger partial charge in [0.25, 0.3) is 5.91 Å². The number of anilines is 1. The smallest absolute Gasteiger partial charge is 0.272 e. The zero-order valence-corrected chi connectivity index (χ0v) is 14.5. The van der Waals surface area contributed by atoms with E-state index in [2.05, 4.69) is 9.88 Å². The predicted molar refractivity (Wildman–Crippen MR) is 94.5 cm³/mol. The van der Waals surface area contributed by atoms with E-state index in [0.717, 1.165) is 31.7 Å². The van der Waals surface area contributed by atoms with Crippen molar-refractivity contribution in [3.8, 4) is 5.75 Å². The van der Waals surface area contributed by atoms with Gasteiger partial charge in [0, 0.05) is 40.0 Å². The minimum atomic E-state index is -0.332. The first-order chi connectivity index (χ1) is 12.0. The Morgan fingerprint density at radius 3 is 2.56 bits per heavy atom. The molecule has 1 aliphatic heterocycles. The quantitative estimate of drug-likeness (QED) is 0.856. The maximum absolute atomic E-state index is 13.7. The van der Waals surface area contributed by atoms with Crippen LogP contribution in [0.25, 0.3) is 0 Å². The van der Waals surface area contributed by atoms with Crippen LogP contribution in [0, 0.1) is 5.82 Å². The van der Waals surface area contributed by atoms with Gasteiger partial charge in [0.05, 0.1) is 0 Å². The highest BCUT2D eigenvalue weighted by atomic mass is 19.1. The summed E-state index contributed by atoms with van der Waals surface area (Å²) in [4.78, 5) is 20.2. The highest BCUT2D eigenvalue weighted by Crippen LogP contribution is 2.24. The average Bonchev–Trinajstić information content (AvgIpc) is 2.63. The topological polar surface area (TPSA) is 45.7 Å². The van der Waals surface area contributed by atoms with Crippen molar-refractivity contribution >= 4 is 11.7 Å². The molecule has 1 aromatic carbocycles. The van der Waals surface area contributed by atoms with Crippen LogP contribution in [0.4, 0.5) is 10.2 Å². The van der Waals surface area contributed by atoms with E-state index in [1.54, 1.807) is 38.4 Å². The SMILES string of the molecule is CN(C)C(=O)c1cccc(N2CCC(Oc3ccccc3F)CC2)n1. The third-order valence-electron chi connectivity index (χ3n) is 4.26. The molecule has 3 rings (SSSR count). The lowest BCUT2D eigenvalue weighted by atomic mass is 10.1. The average molecular weight is 343 g/mol. The second kappa shape index (κ2) is 7.51. The third kappa shape index (κ3) is 4.07. The Labute approximate surface area is 147 Å². The molecule has 0 N–H and O–H groups in total. The summed E-state index contributed by atoms with van der Waals surface area (Å²) in [5, 5.41) is 0. The number of carbonyl (C=O) groups is 1. The maximum Gasteiger partial charge on any atom is 0.272 e. The minimum Gasteiger partial charge on any atom is -0.487 e. The summed E-state index contributed by atoms with van der Waals surface area (Å²) in [6.07, 6.45) is 1.55. The number of piperidine rings is 1. The predicted octanol–water partition coefficient (Wildman–Crippen LogP) is 2.97. The Morgan fingerprint density at radius 1 is 1.16 bits per heavy atom. The fourth-order valence-corrected chi connectivity index (χ4v) is 2.87. The van der Waals surface area contributed by atoms with Crippen molar-refractivity contribution in [3.63, 3.8) is 0 Å². The van der Waals surface area contributed by atoms with Gasteiger partial charge < -0.3 is 14.5 Å². The molecule has 1 fully saturated rings. The Kier molecular flexibility index (Phi) is 5.16. The van der Waals surface area contributed by atoms with Crippen LogP contribution in [0.2, 0.25) is 0 Å². The number of hydrogen-bond donors (Lipinski definition) is 0. The second-order valence-electron chi connectivity index (χ2n) is 6.32. The second-order valence-corrected chi connectivity index (χ2v) is 6.32. The fourth-order valence-electron chi connectivity index (χ4n) is 2.87. The molecule has 0 aliphatic carbocycles. The lowest BCUT2D eigenvalue weighted by molar-refractivity contribution is 0.0822. The van der Waals surface area contributed by atoms with Crippen molar-refractivity contribution in [1.82, 2.24) is 9.88 Å². The highest BCUT2D eigenvalue weighted by molar-refractivity contribution is 5.92. The first-order valence-corrected chi connectivity index (χ1v) is 8.39. The van der Waals surface area contributed by atoms with Gasteiger partial charge in [-0.25, -0.2) is 9.37 Å². The maximum atomic E-state index is 13.7. The van der Waals surface area contributed by atoms with Crippen LogP contribution >= 0.6 is 0 Å². The van der Waals surface area contributed by atoms with Crippen molar-refractivity contribution in [2.75, 3.05) is 32.1 Å². The Balaban J connectivity index is 1.62. The van der Waals surface area contributed by atoms with Gasteiger partial charge in [-0.2, -0.15) is 0 Å². The molecule has 0 unspecified atom stereocenters. The monoisotopic (exact) mass is 343 g/mol. The molecule has 5 nitrogen and oxygen atoms in total. The van der Waals surface area contributed by atoms with Crippen LogP contribution in [-0.2, 0) is 0 Å². The number of amides is 1. The molecular weight excluding hydrogens is 321 g/mol. The van der Waals surface area contributed by atoms with Crippen LogP contribution in [0.15, 0.2) is 42.5 Å². The molecule has 1 amide bonds. The van der Waals surface area contributed by atoms with E-state index in [-0.39, 0.29) is 17.8 Å². The van der Waals surface area contributed by atoms with Gasteiger partial charge in [-0.15, -0.1) is 0 Å². The van der Waals surface area contributed by atoms with E-state index in [1.807, 2.05) is 12.1 Å². The summed E-state index contributed by atoms with van der Waals surface area (Å²) in [6.45, 7) is 1.51. The highest BCUT2D eigenvalue weighted by Gasteiger charge is 2.23. The molecule has 2 aromatic rings. The lowest BCUT2D eigenvalue weighted by Gasteiger charge is -2.33. The molecule has 0 bridgehead atoms. The van der Waals surface area contributed by atoms with E-state index >= 15 is 0 Å². The molecule has 1 aliphatic rings. The van der Waals surface area contributed by atoms with E-state index < -0.39 is 0 Å². The molecule has 1 aromatic heterocycles. The Hall–Kier alpha value is -2.63. The molecule has 1 saturated heterocycles. The van der Waals surface area contributed by atoms with Gasteiger partial charge in [0.15, 0.2) is 11.6 Å². The molecule has 132 valence electrons. The number of nitrogens with zero attached hydrogens (tertiary/aromatic N) is 3. The van der Waals surface area contributed by atoms with Gasteiger partial charge in [-0.3, -0.25) is 4.79 Å². The van der Waals surface area contributed by atoms with E-state index in [0.29, 0.717) is 11.4 Å². The van der Waals surface area contributed by atoms with Crippen molar-refractivity contribution in [2.45, 2.75) is 18.9 Å². The summed E-state index contributed by atoms with van der Waals surface area (Å²) in [7, 11) is 3.42. The summed E-state index contributed by atoms with van der Waals surface area (Å²) < 4.78 is 19.5. The number of para-hydroxylation sites is 1. The first-order valence-electron chi connectivity index (χ1n) is 8.39. The van der Waals surface area contributed by atoms with E-state index in [4.69, 9.17) is 4.74 Å². The van der Waals surface area contributed by atoms with Crippen molar-refractivity contribution < 1.29 is 13.9 Å². The number of aromatic nitrogens is 1. The number of ether oxygens (including phenoxy) is 1. The molecular formula is C19H22FN3O2. The zero-order chi connectivity index (χ0) is 17.8. The number of halogens is 1. The summed E-state index contributed by atoms with van der Waals surface area (Å²) in [5.41, 5.74) is 0.437. The molecule has 0 radical (unpaired) electrons. The van der Waals surface area contributed by atoms with Gasteiger partial charge in [0.1, 0.15) is 17.6 Å². The van der Waals surface area contributed by atoms with Crippen LogP contribution in [0.1, 0.15) is 23.3 Å². The number of hydrogen-bond acceptors (Lipinski definition) is 4. The van der Waals surface area contributed by atoms with Crippen LogP contribution in [0.3, 0.4) is 0 Å². The molecule has 0 spiro atoms. The molecule has 0 saturated carbocycles. The summed E-state index contributed by atoms with van der Waals surface area (Å²) in [6, 6.07) is 12.0. The Morgan fingerprint density at radius 2 is 1.88 bits per heavy atom. The number of pyridine rings is 1. The first kappa shape index (κ1) is 17.2. The number of carbonyl (C=O) groups excluding carboxylic acids is 1. The molecule has 6 heteroatoms. The molecule has 2 heterocycles. The third-order valence-corrected chi connectivity index (χ3v) is 4.26. The zero-order valence-electron chi connectivity index (χ0n) is 14.5. The van der Waals surface area contributed by atoms with E-state index in [1.165, 1.54) is 11.0 Å². The lowest BCUT2D eigenvalue weighted by Crippen LogP contribution is -2.39. The van der Waals surface area contributed by atoms with Crippen LogP contribution < -0.4 is 9.64 Å². The molecule has 0 atom stereocenters. The summed E-state index contributed by atoms with van der Waals surface area (Å²) in [5.74, 6) is 0.649. The van der Waals surface area contributed by atoms with Crippen molar-refractivity contribution in [2.24, 2.45) is 0 Å². The Bertz CT molecular complexity index is 743. The number of rotatable bonds is 4. The minimum absolute atomic E-state index is 0.0141. The van der Waals surface area contributed by atoms with Gasteiger partial charge in [-0.05, 0) is 24.3 Å². The normalized spacial score (nSPS) is 15.1. The largest absolute Gasteiger partial charge is 0.487 e. The van der Waals surface area contributed by atoms with Gasteiger partial charge in [-0.1, -0.05) is 18.2 Å². The number of benzene rings is 1. The van der Waals surface area contributed by atoms with Crippen LogP contribution in [-0.4, -0.2) is 49.1 Å². The standard InChI is InChI=1S/C19H22FN3O2/c1-22(2)19(24)16-7-5-9-18(21-16)23-12-10-14(11-13-23)25-17-8-4-3-6-15(17)20/h3-9,14H,10-13H2,1-2H3. The molecule has 25 heavy (non-hydrogen) atoms. The van der Waals surface area contributed by atoms with Gasteiger partial charge >= 0.3 is 0 Å². The van der Waals surface area contributed by atoms with Crippen LogP contribution in [0.5, 0.6) is 5.75 Å².